The van der Waals surface area contributed by atoms with Crippen molar-refractivity contribution >= 4 is 29.0 Å². The van der Waals surface area contributed by atoms with Gasteiger partial charge in [-0.1, -0.05) is 18.2 Å². The second-order valence-electron chi connectivity index (χ2n) is 9.01. The largest absolute Gasteiger partial charge is 0.497 e. The molecular weight excluding hydrogens is 444 g/mol. The predicted octanol–water partition coefficient (Wildman–Crippen LogP) is 4.79. The van der Waals surface area contributed by atoms with E-state index in [1.54, 1.807) is 49.6 Å². The van der Waals surface area contributed by atoms with Crippen LogP contribution in [0.25, 0.3) is 5.70 Å². The number of carboxylic acid groups (broad SMARTS) is 1. The summed E-state index contributed by atoms with van der Waals surface area (Å²) in [6.07, 6.45) is 2.40. The molecule has 7 nitrogen and oxygen atoms in total. The van der Waals surface area contributed by atoms with Crippen molar-refractivity contribution in [3.8, 4) is 5.75 Å². The molecule has 3 aromatic carbocycles. The lowest BCUT2D eigenvalue weighted by atomic mass is 9.85. The van der Waals surface area contributed by atoms with Gasteiger partial charge in [0.2, 0.25) is 0 Å². The fourth-order valence-electron chi connectivity index (χ4n) is 4.15. The number of nitrogens with one attached hydrogen (secondary N) is 2. The third-order valence-electron chi connectivity index (χ3n) is 5.82. The molecule has 1 amide bonds. The summed E-state index contributed by atoms with van der Waals surface area (Å²) in [6.45, 7) is 4.16. The fourth-order valence-corrected chi connectivity index (χ4v) is 4.15. The minimum atomic E-state index is -1.18. The molecule has 3 aromatic rings. The highest BCUT2D eigenvalue weighted by atomic mass is 16.5. The number of aromatic carboxylic acids is 1. The number of carbonyl (C=O) groups is 3. The van der Waals surface area contributed by atoms with Gasteiger partial charge in [0.15, 0.2) is 5.78 Å². The number of fused-ring (bicyclic) bond motifs is 1. The highest BCUT2D eigenvalue weighted by molar-refractivity contribution is 6.11. The van der Waals surface area contributed by atoms with Crippen LogP contribution in [0.4, 0.5) is 5.69 Å². The van der Waals surface area contributed by atoms with Gasteiger partial charge in [0.05, 0.1) is 18.2 Å². The van der Waals surface area contributed by atoms with Gasteiger partial charge in [-0.3, -0.25) is 9.59 Å². The molecule has 0 spiro atoms. The van der Waals surface area contributed by atoms with Gasteiger partial charge < -0.3 is 20.5 Å². The van der Waals surface area contributed by atoms with Crippen LogP contribution in [0.15, 0.2) is 72.8 Å². The first-order valence-electron chi connectivity index (χ1n) is 11.1. The van der Waals surface area contributed by atoms with Gasteiger partial charge in [0, 0.05) is 34.1 Å². The van der Waals surface area contributed by atoms with E-state index in [9.17, 15) is 19.5 Å². The van der Waals surface area contributed by atoms with E-state index in [1.807, 2.05) is 18.2 Å². The lowest BCUT2D eigenvalue weighted by molar-refractivity contribution is 0.0692. The SMILES string of the molecule is COc1ccc2c(c1)C(=CC(=O)c1ccc(NC(=O)c3ccccc3C(=O)O)cc1)NC(C)(C)C2. The first kappa shape index (κ1) is 23.8. The van der Waals surface area contributed by atoms with Gasteiger partial charge >= 0.3 is 5.97 Å². The third kappa shape index (κ3) is 5.24. The molecule has 0 bridgehead atoms. The minimum absolute atomic E-state index is 0.0602. The monoisotopic (exact) mass is 470 g/mol. The molecule has 7 heteroatoms. The molecule has 0 saturated heterocycles. The second kappa shape index (κ2) is 9.46. The maximum atomic E-state index is 13.1. The smallest absolute Gasteiger partial charge is 0.336 e. The Morgan fingerprint density at radius 2 is 1.69 bits per heavy atom. The Labute approximate surface area is 203 Å². The van der Waals surface area contributed by atoms with Crippen LogP contribution in [0.3, 0.4) is 0 Å². The van der Waals surface area contributed by atoms with Crippen LogP contribution >= 0.6 is 0 Å². The molecule has 1 aliphatic heterocycles. The fraction of sp³-hybridized carbons (Fsp3) is 0.179. The number of allylic oxidation sites excluding steroid dienone is 1. The number of methoxy groups -OCH3 is 1. The van der Waals surface area contributed by atoms with Gasteiger partial charge in [0.1, 0.15) is 5.75 Å². The Bertz CT molecular complexity index is 1340. The highest BCUT2D eigenvalue weighted by Gasteiger charge is 2.28. The summed E-state index contributed by atoms with van der Waals surface area (Å²) < 4.78 is 5.36. The molecule has 0 aliphatic carbocycles. The van der Waals surface area contributed by atoms with E-state index in [4.69, 9.17) is 4.74 Å². The second-order valence-corrected chi connectivity index (χ2v) is 9.01. The third-order valence-corrected chi connectivity index (χ3v) is 5.82. The average molecular weight is 471 g/mol. The summed E-state index contributed by atoms with van der Waals surface area (Å²) in [4.78, 5) is 37.0. The van der Waals surface area contributed by atoms with Crippen LogP contribution in [0.2, 0.25) is 0 Å². The molecule has 178 valence electrons. The molecule has 0 fully saturated rings. The van der Waals surface area contributed by atoms with Crippen molar-refractivity contribution in [2.45, 2.75) is 25.8 Å². The van der Waals surface area contributed by atoms with Crippen molar-refractivity contribution in [3.63, 3.8) is 0 Å². The van der Waals surface area contributed by atoms with Crippen LogP contribution in [0, 0.1) is 0 Å². The van der Waals surface area contributed by atoms with Crippen molar-refractivity contribution in [3.05, 3.63) is 101 Å². The van der Waals surface area contributed by atoms with Crippen LogP contribution < -0.4 is 15.4 Å². The average Bonchev–Trinajstić information content (AvgIpc) is 2.83. The summed E-state index contributed by atoms with van der Waals surface area (Å²) in [5.41, 5.74) is 3.46. The molecule has 35 heavy (non-hydrogen) atoms. The maximum Gasteiger partial charge on any atom is 0.336 e. The number of ketones is 1. The molecule has 0 radical (unpaired) electrons. The minimum Gasteiger partial charge on any atom is -0.497 e. The standard InChI is InChI=1S/C28H26N2O5/c1-28(2)16-18-10-13-20(35-3)14-23(18)24(30-28)15-25(31)17-8-11-19(12-9-17)29-26(32)21-6-4-5-7-22(21)27(33)34/h4-15,30H,16H2,1-3H3,(H,29,32)(H,33,34). The Morgan fingerprint density at radius 1 is 1.00 bits per heavy atom. The van der Waals surface area contributed by atoms with E-state index in [2.05, 4.69) is 24.5 Å². The number of rotatable bonds is 6. The predicted molar refractivity (Wildman–Crippen MR) is 134 cm³/mol. The van der Waals surface area contributed by atoms with Gasteiger partial charge in [-0.2, -0.15) is 0 Å². The zero-order chi connectivity index (χ0) is 25.2. The molecular formula is C28H26N2O5. The van der Waals surface area contributed by atoms with E-state index in [0.29, 0.717) is 17.0 Å². The molecule has 3 N–H and O–H groups in total. The number of hydrogen-bond donors (Lipinski definition) is 3. The number of carbonyl (C=O) groups excluding carboxylic acids is 2. The Hall–Kier alpha value is -4.39. The number of anilines is 1. The van der Waals surface area contributed by atoms with Crippen LogP contribution in [0.1, 0.15) is 56.0 Å². The number of hydrogen-bond acceptors (Lipinski definition) is 5. The number of ether oxygens (including phenoxy) is 1. The van der Waals surface area contributed by atoms with Crippen molar-refractivity contribution in [1.29, 1.82) is 0 Å². The first-order chi connectivity index (χ1) is 16.7. The van der Waals surface area contributed by atoms with Crippen molar-refractivity contribution in [1.82, 2.24) is 5.32 Å². The first-order valence-corrected chi connectivity index (χ1v) is 11.1. The van der Waals surface area contributed by atoms with Gasteiger partial charge in [-0.25, -0.2) is 4.79 Å². The molecule has 1 aliphatic rings. The molecule has 0 aromatic heterocycles. The van der Waals surface area contributed by atoms with E-state index in [0.717, 1.165) is 23.2 Å². The summed E-state index contributed by atoms with van der Waals surface area (Å²) in [7, 11) is 1.61. The van der Waals surface area contributed by atoms with E-state index in [-0.39, 0.29) is 22.4 Å². The number of benzene rings is 3. The van der Waals surface area contributed by atoms with E-state index < -0.39 is 11.9 Å². The number of amides is 1. The Morgan fingerprint density at radius 3 is 2.34 bits per heavy atom. The molecule has 0 unspecified atom stereocenters. The van der Waals surface area contributed by atoms with Crippen LogP contribution in [-0.2, 0) is 6.42 Å². The molecule has 0 atom stereocenters. The Kier molecular flexibility index (Phi) is 6.42. The zero-order valence-corrected chi connectivity index (χ0v) is 19.7. The van der Waals surface area contributed by atoms with Crippen LogP contribution in [-0.4, -0.2) is 35.4 Å². The quantitative estimate of drug-likeness (QED) is 0.353. The summed E-state index contributed by atoms with van der Waals surface area (Å²) in [5.74, 6) is -1.19. The lowest BCUT2D eigenvalue weighted by Crippen LogP contribution is -2.43. The molecule has 1 heterocycles. The Balaban J connectivity index is 1.55. The van der Waals surface area contributed by atoms with Crippen molar-refractivity contribution < 1.29 is 24.2 Å². The maximum absolute atomic E-state index is 13.1. The van der Waals surface area contributed by atoms with E-state index >= 15 is 0 Å². The highest BCUT2D eigenvalue weighted by Crippen LogP contribution is 2.32. The van der Waals surface area contributed by atoms with Gasteiger partial charge in [-0.05, 0) is 74.4 Å². The van der Waals surface area contributed by atoms with Crippen molar-refractivity contribution in [2.75, 3.05) is 12.4 Å². The van der Waals surface area contributed by atoms with Gasteiger partial charge in [-0.15, -0.1) is 0 Å². The van der Waals surface area contributed by atoms with E-state index in [1.165, 1.54) is 12.1 Å². The zero-order valence-electron chi connectivity index (χ0n) is 19.7. The summed E-state index contributed by atoms with van der Waals surface area (Å²) in [5, 5.41) is 15.4. The topological polar surface area (TPSA) is 105 Å². The summed E-state index contributed by atoms with van der Waals surface area (Å²) in [6, 6.07) is 18.3. The van der Waals surface area contributed by atoms with Gasteiger partial charge in [0.25, 0.3) is 5.91 Å². The molecule has 4 rings (SSSR count). The number of carboxylic acids is 1. The van der Waals surface area contributed by atoms with Crippen molar-refractivity contribution in [2.24, 2.45) is 0 Å². The lowest BCUT2D eigenvalue weighted by Gasteiger charge is -2.35. The molecule has 0 saturated carbocycles. The normalized spacial score (nSPS) is 15.0. The van der Waals surface area contributed by atoms with Crippen LogP contribution in [0.5, 0.6) is 5.75 Å². The summed E-state index contributed by atoms with van der Waals surface area (Å²) >= 11 is 0.